The van der Waals surface area contributed by atoms with E-state index in [0.717, 1.165) is 5.56 Å². The van der Waals surface area contributed by atoms with Crippen LogP contribution in [0, 0.1) is 0 Å². The maximum absolute atomic E-state index is 9.25. The largest absolute Gasteiger partial charge is 0.508 e. The van der Waals surface area contributed by atoms with Crippen LogP contribution in [0.3, 0.4) is 0 Å². The quantitative estimate of drug-likeness (QED) is 0.477. The molecule has 0 unspecified atom stereocenters. The fraction of sp³-hybridized carbons (Fsp3) is 0.250. The molecule has 0 saturated heterocycles. The molecular formula is C8H13ClN2O. The van der Waals surface area contributed by atoms with E-state index in [1.54, 1.807) is 18.2 Å². The number of benzene rings is 1. The number of aromatic hydroxyl groups is 1. The predicted octanol–water partition coefficient (Wildman–Crippen LogP) is 0.897. The Morgan fingerprint density at radius 2 is 2.00 bits per heavy atom. The van der Waals surface area contributed by atoms with Gasteiger partial charge in [0.2, 0.25) is 0 Å². The number of phenols is 1. The number of hydrogen-bond donors (Lipinski definition) is 3. The van der Waals surface area contributed by atoms with E-state index in [1.165, 1.54) is 0 Å². The van der Waals surface area contributed by atoms with Gasteiger partial charge in [0.15, 0.2) is 0 Å². The predicted molar refractivity (Wildman–Crippen MR) is 52.5 cm³/mol. The van der Waals surface area contributed by atoms with Crippen LogP contribution in [-0.2, 0) is 6.42 Å². The molecular weight excluding hydrogens is 176 g/mol. The Bertz CT molecular complexity index is 253. The molecule has 4 heteroatoms. The van der Waals surface area contributed by atoms with Crippen LogP contribution in [0.5, 0.6) is 5.75 Å². The second kappa shape index (κ2) is 4.85. The summed E-state index contributed by atoms with van der Waals surface area (Å²) in [7, 11) is 0. The SMILES string of the molecule is Cl.NCCc1cc(N)ccc1O. The second-order valence-corrected chi connectivity index (χ2v) is 2.43. The minimum absolute atomic E-state index is 0. The summed E-state index contributed by atoms with van der Waals surface area (Å²) < 4.78 is 0. The molecule has 12 heavy (non-hydrogen) atoms. The highest BCUT2D eigenvalue weighted by Crippen LogP contribution is 2.19. The third-order valence-electron chi connectivity index (χ3n) is 1.52. The van der Waals surface area contributed by atoms with Crippen molar-refractivity contribution >= 4 is 18.1 Å². The summed E-state index contributed by atoms with van der Waals surface area (Å²) in [5.74, 6) is 0.268. The number of nitrogen functional groups attached to an aromatic ring is 1. The van der Waals surface area contributed by atoms with Crippen molar-refractivity contribution in [2.24, 2.45) is 5.73 Å². The molecule has 0 atom stereocenters. The van der Waals surface area contributed by atoms with Gasteiger partial charge in [-0.3, -0.25) is 0 Å². The van der Waals surface area contributed by atoms with Crippen molar-refractivity contribution in [1.29, 1.82) is 0 Å². The van der Waals surface area contributed by atoms with Gasteiger partial charge in [0, 0.05) is 5.69 Å². The van der Waals surface area contributed by atoms with Gasteiger partial charge in [0.05, 0.1) is 0 Å². The Labute approximate surface area is 77.8 Å². The van der Waals surface area contributed by atoms with E-state index in [0.29, 0.717) is 18.7 Å². The first kappa shape index (κ1) is 11.1. The van der Waals surface area contributed by atoms with Crippen LogP contribution in [0.25, 0.3) is 0 Å². The molecule has 0 heterocycles. The lowest BCUT2D eigenvalue weighted by Gasteiger charge is -2.02. The van der Waals surface area contributed by atoms with E-state index in [-0.39, 0.29) is 18.2 Å². The number of rotatable bonds is 2. The molecule has 0 bridgehead atoms. The fourth-order valence-corrected chi connectivity index (χ4v) is 0.961. The van der Waals surface area contributed by atoms with Gasteiger partial charge >= 0.3 is 0 Å². The van der Waals surface area contributed by atoms with Gasteiger partial charge in [-0.25, -0.2) is 0 Å². The van der Waals surface area contributed by atoms with Crippen molar-refractivity contribution in [2.45, 2.75) is 6.42 Å². The zero-order valence-electron chi connectivity index (χ0n) is 6.66. The topological polar surface area (TPSA) is 72.3 Å². The smallest absolute Gasteiger partial charge is 0.118 e. The maximum atomic E-state index is 9.25. The van der Waals surface area contributed by atoms with Crippen LogP contribution in [0.4, 0.5) is 5.69 Å². The Balaban J connectivity index is 0.00000121. The molecule has 0 aliphatic heterocycles. The molecule has 0 aliphatic carbocycles. The average Bonchev–Trinajstić information content (AvgIpc) is 1.98. The van der Waals surface area contributed by atoms with E-state index in [1.807, 2.05) is 0 Å². The molecule has 0 radical (unpaired) electrons. The van der Waals surface area contributed by atoms with Gasteiger partial charge in [-0.15, -0.1) is 12.4 Å². The standard InChI is InChI=1S/C8H12N2O.ClH/c9-4-3-6-5-7(10)1-2-8(6)11;/h1-2,5,11H,3-4,9-10H2;1H. The van der Waals surface area contributed by atoms with E-state index >= 15 is 0 Å². The van der Waals surface area contributed by atoms with Gasteiger partial charge in [-0.2, -0.15) is 0 Å². The number of phenolic OH excluding ortho intramolecular Hbond substituents is 1. The van der Waals surface area contributed by atoms with Crippen molar-refractivity contribution in [3.05, 3.63) is 23.8 Å². The Kier molecular flexibility index (Phi) is 4.47. The lowest BCUT2D eigenvalue weighted by atomic mass is 10.1. The minimum atomic E-state index is 0. The molecule has 1 aromatic rings. The van der Waals surface area contributed by atoms with Crippen LogP contribution in [0.2, 0.25) is 0 Å². The first-order chi connectivity index (χ1) is 5.24. The Morgan fingerprint density at radius 3 is 2.58 bits per heavy atom. The number of halogens is 1. The van der Waals surface area contributed by atoms with Crippen molar-refractivity contribution in [3.63, 3.8) is 0 Å². The summed E-state index contributed by atoms with van der Waals surface area (Å²) in [6, 6.07) is 4.98. The van der Waals surface area contributed by atoms with E-state index < -0.39 is 0 Å². The monoisotopic (exact) mass is 188 g/mol. The summed E-state index contributed by atoms with van der Waals surface area (Å²) in [5, 5.41) is 9.25. The molecule has 5 N–H and O–H groups in total. The van der Waals surface area contributed by atoms with Gasteiger partial charge in [0.1, 0.15) is 5.75 Å². The lowest BCUT2D eigenvalue weighted by molar-refractivity contribution is 0.468. The van der Waals surface area contributed by atoms with Crippen LogP contribution in [0.15, 0.2) is 18.2 Å². The molecule has 0 spiro atoms. The van der Waals surface area contributed by atoms with Crippen molar-refractivity contribution in [3.8, 4) is 5.75 Å². The third kappa shape index (κ3) is 2.60. The zero-order valence-corrected chi connectivity index (χ0v) is 7.47. The van der Waals surface area contributed by atoms with E-state index in [4.69, 9.17) is 11.5 Å². The lowest BCUT2D eigenvalue weighted by Crippen LogP contribution is -2.03. The average molecular weight is 189 g/mol. The summed E-state index contributed by atoms with van der Waals surface area (Å²) in [5.41, 5.74) is 12.3. The molecule has 0 saturated carbocycles. The number of hydrogen-bond acceptors (Lipinski definition) is 3. The maximum Gasteiger partial charge on any atom is 0.118 e. The van der Waals surface area contributed by atoms with E-state index in [9.17, 15) is 5.11 Å². The van der Waals surface area contributed by atoms with Gasteiger partial charge in [0.25, 0.3) is 0 Å². The highest BCUT2D eigenvalue weighted by atomic mass is 35.5. The second-order valence-electron chi connectivity index (χ2n) is 2.43. The molecule has 68 valence electrons. The first-order valence-electron chi connectivity index (χ1n) is 3.51. The molecule has 0 aliphatic rings. The zero-order chi connectivity index (χ0) is 8.27. The molecule has 0 amide bonds. The van der Waals surface area contributed by atoms with Gasteiger partial charge in [-0.05, 0) is 36.7 Å². The molecule has 3 nitrogen and oxygen atoms in total. The fourth-order valence-electron chi connectivity index (χ4n) is 0.961. The van der Waals surface area contributed by atoms with E-state index in [2.05, 4.69) is 0 Å². The molecule has 1 rings (SSSR count). The summed E-state index contributed by atoms with van der Waals surface area (Å²) in [6.45, 7) is 0.525. The van der Waals surface area contributed by atoms with Crippen LogP contribution in [0.1, 0.15) is 5.56 Å². The normalized spacial score (nSPS) is 9.08. The highest BCUT2D eigenvalue weighted by molar-refractivity contribution is 5.85. The summed E-state index contributed by atoms with van der Waals surface area (Å²) >= 11 is 0. The number of anilines is 1. The summed E-state index contributed by atoms with van der Waals surface area (Å²) in [4.78, 5) is 0. The Hall–Kier alpha value is -0.930. The Morgan fingerprint density at radius 1 is 1.33 bits per heavy atom. The molecule has 0 fully saturated rings. The van der Waals surface area contributed by atoms with Gasteiger partial charge in [-0.1, -0.05) is 0 Å². The van der Waals surface area contributed by atoms with Crippen molar-refractivity contribution in [1.82, 2.24) is 0 Å². The summed E-state index contributed by atoms with van der Waals surface area (Å²) in [6.07, 6.45) is 0.664. The highest BCUT2D eigenvalue weighted by Gasteiger charge is 1.98. The number of nitrogens with two attached hydrogens (primary N) is 2. The van der Waals surface area contributed by atoms with Crippen LogP contribution < -0.4 is 11.5 Å². The van der Waals surface area contributed by atoms with Crippen molar-refractivity contribution < 1.29 is 5.11 Å². The molecule has 1 aromatic carbocycles. The van der Waals surface area contributed by atoms with Crippen LogP contribution >= 0.6 is 12.4 Å². The van der Waals surface area contributed by atoms with Gasteiger partial charge < -0.3 is 16.6 Å². The minimum Gasteiger partial charge on any atom is -0.508 e. The third-order valence-corrected chi connectivity index (χ3v) is 1.52. The first-order valence-corrected chi connectivity index (χ1v) is 3.51. The van der Waals surface area contributed by atoms with Crippen LogP contribution in [-0.4, -0.2) is 11.7 Å². The van der Waals surface area contributed by atoms with Crippen molar-refractivity contribution in [2.75, 3.05) is 12.3 Å². The molecule has 0 aromatic heterocycles.